The number of para-hydroxylation sites is 1. The Bertz CT molecular complexity index is 753. The van der Waals surface area contributed by atoms with Crippen molar-refractivity contribution in [2.45, 2.75) is 30.5 Å². The number of carbonyl (C=O) groups excluding carboxylic acids is 2. The lowest BCUT2D eigenvalue weighted by molar-refractivity contribution is -0.196. The van der Waals surface area contributed by atoms with Crippen LogP contribution in [0.2, 0.25) is 0 Å². The quantitative estimate of drug-likeness (QED) is 0.788. The Hall–Kier alpha value is -1.94. The molecule has 2 aliphatic heterocycles. The summed E-state index contributed by atoms with van der Waals surface area (Å²) in [7, 11) is 0. The SMILES string of the molecule is C=CC[C@@]12OCC3C[C@H](CC4C(=O)c5ccccc5O[C@@]341)C2=O. The molecule has 4 heteroatoms. The maximum Gasteiger partial charge on any atom is 0.173 e. The van der Waals surface area contributed by atoms with Crippen LogP contribution in [0.3, 0.4) is 0 Å². The fourth-order valence-electron chi connectivity index (χ4n) is 5.51. The summed E-state index contributed by atoms with van der Waals surface area (Å²) in [4.78, 5) is 26.2. The van der Waals surface area contributed by atoms with E-state index in [0.29, 0.717) is 30.8 Å². The van der Waals surface area contributed by atoms with E-state index in [1.54, 1.807) is 6.08 Å². The Morgan fingerprint density at radius 1 is 1.26 bits per heavy atom. The molecule has 1 saturated heterocycles. The lowest BCUT2D eigenvalue weighted by Crippen LogP contribution is -2.76. The third-order valence-electron chi connectivity index (χ3n) is 6.32. The number of hydrogen-bond donors (Lipinski definition) is 0. The molecule has 3 saturated carbocycles. The molecule has 3 aliphatic carbocycles. The molecule has 5 aliphatic rings. The smallest absolute Gasteiger partial charge is 0.173 e. The van der Waals surface area contributed by atoms with Gasteiger partial charge in [0.15, 0.2) is 22.8 Å². The van der Waals surface area contributed by atoms with E-state index in [4.69, 9.17) is 9.47 Å². The molecular weight excluding hydrogens is 292 g/mol. The highest BCUT2D eigenvalue weighted by Crippen LogP contribution is 2.64. The van der Waals surface area contributed by atoms with Gasteiger partial charge in [0.25, 0.3) is 0 Å². The molecular formula is C19H18O4. The summed E-state index contributed by atoms with van der Waals surface area (Å²) >= 11 is 0. The summed E-state index contributed by atoms with van der Waals surface area (Å²) in [5.41, 5.74) is -1.25. The molecule has 4 bridgehead atoms. The van der Waals surface area contributed by atoms with Gasteiger partial charge in [-0.15, -0.1) is 6.58 Å². The molecule has 1 aromatic rings. The summed E-state index contributed by atoms with van der Waals surface area (Å²) in [6.45, 7) is 4.30. The van der Waals surface area contributed by atoms with Gasteiger partial charge >= 0.3 is 0 Å². The molecule has 2 unspecified atom stereocenters. The first-order valence-corrected chi connectivity index (χ1v) is 8.25. The fourth-order valence-corrected chi connectivity index (χ4v) is 5.51. The van der Waals surface area contributed by atoms with E-state index in [1.807, 2.05) is 24.3 Å². The first kappa shape index (κ1) is 13.5. The second-order valence-electron chi connectivity index (χ2n) is 7.17. The average molecular weight is 310 g/mol. The molecule has 2 heterocycles. The lowest BCUT2D eigenvalue weighted by atomic mass is 9.48. The van der Waals surface area contributed by atoms with Crippen molar-refractivity contribution in [2.75, 3.05) is 6.61 Å². The number of rotatable bonds is 2. The Kier molecular flexibility index (Phi) is 2.42. The fraction of sp³-hybridized carbons (Fsp3) is 0.474. The molecule has 5 atom stereocenters. The molecule has 0 aromatic heterocycles. The standard InChI is InChI=1S/C19H18O4/c1-2-7-18-17(21)11-8-12(10-22-18)19(18)14(9-11)16(20)13-5-3-4-6-15(13)23-19/h2-6,11-12,14H,1,7-10H2/t11-,12?,14?,18+,19+/m1/s1. The summed E-state index contributed by atoms with van der Waals surface area (Å²) in [6.07, 6.45) is 3.49. The van der Waals surface area contributed by atoms with Crippen LogP contribution in [-0.2, 0) is 9.53 Å². The van der Waals surface area contributed by atoms with Crippen LogP contribution in [-0.4, -0.2) is 29.4 Å². The minimum absolute atomic E-state index is 0.0906. The van der Waals surface area contributed by atoms with E-state index >= 15 is 0 Å². The summed E-state index contributed by atoms with van der Waals surface area (Å²) in [6, 6.07) is 7.36. The highest BCUT2D eigenvalue weighted by molar-refractivity contribution is 6.06. The number of ketones is 2. The molecule has 1 aromatic carbocycles. The van der Waals surface area contributed by atoms with E-state index in [0.717, 1.165) is 6.42 Å². The van der Waals surface area contributed by atoms with Crippen molar-refractivity contribution >= 4 is 11.6 Å². The molecule has 0 radical (unpaired) electrons. The molecule has 4 nitrogen and oxygen atoms in total. The Balaban J connectivity index is 1.77. The summed E-state index contributed by atoms with van der Waals surface area (Å²) in [5, 5.41) is 0. The predicted molar refractivity (Wildman–Crippen MR) is 82.3 cm³/mol. The van der Waals surface area contributed by atoms with Gasteiger partial charge in [0, 0.05) is 18.3 Å². The van der Waals surface area contributed by atoms with Gasteiger partial charge in [0.1, 0.15) is 5.75 Å². The van der Waals surface area contributed by atoms with Gasteiger partial charge in [-0.2, -0.15) is 0 Å². The van der Waals surface area contributed by atoms with Crippen LogP contribution >= 0.6 is 0 Å². The zero-order valence-corrected chi connectivity index (χ0v) is 12.8. The second kappa shape index (κ2) is 4.12. The van der Waals surface area contributed by atoms with Gasteiger partial charge in [0.05, 0.1) is 18.1 Å². The number of carbonyl (C=O) groups is 2. The summed E-state index contributed by atoms with van der Waals surface area (Å²) < 4.78 is 12.6. The first-order chi connectivity index (χ1) is 11.1. The minimum Gasteiger partial charge on any atom is -0.482 e. The molecule has 0 N–H and O–H groups in total. The van der Waals surface area contributed by atoms with E-state index in [9.17, 15) is 9.59 Å². The van der Waals surface area contributed by atoms with Gasteiger partial charge in [-0.3, -0.25) is 9.59 Å². The van der Waals surface area contributed by atoms with Crippen LogP contribution in [0, 0.1) is 17.8 Å². The number of hydrogen-bond acceptors (Lipinski definition) is 4. The van der Waals surface area contributed by atoms with Crippen molar-refractivity contribution in [2.24, 2.45) is 17.8 Å². The Labute approximate surface area is 134 Å². The van der Waals surface area contributed by atoms with Crippen molar-refractivity contribution in [1.82, 2.24) is 0 Å². The largest absolute Gasteiger partial charge is 0.482 e. The number of benzene rings is 1. The van der Waals surface area contributed by atoms with Crippen molar-refractivity contribution < 1.29 is 19.1 Å². The monoisotopic (exact) mass is 310 g/mol. The van der Waals surface area contributed by atoms with Crippen molar-refractivity contribution in [3.05, 3.63) is 42.5 Å². The predicted octanol–water partition coefficient (Wildman–Crippen LogP) is 2.57. The third-order valence-corrected chi connectivity index (χ3v) is 6.32. The lowest BCUT2D eigenvalue weighted by Gasteiger charge is -2.59. The van der Waals surface area contributed by atoms with Crippen LogP contribution in [0.1, 0.15) is 29.6 Å². The van der Waals surface area contributed by atoms with Gasteiger partial charge in [-0.05, 0) is 25.0 Å². The number of Topliss-reactive ketones (excluding diaryl/α,β-unsaturated/α-hetero) is 2. The van der Waals surface area contributed by atoms with Gasteiger partial charge in [0.2, 0.25) is 0 Å². The molecule has 0 amide bonds. The minimum atomic E-state index is -1.03. The molecule has 23 heavy (non-hydrogen) atoms. The zero-order valence-electron chi connectivity index (χ0n) is 12.8. The van der Waals surface area contributed by atoms with E-state index in [-0.39, 0.29) is 29.3 Å². The average Bonchev–Trinajstić information content (AvgIpc) is 2.81. The molecule has 6 rings (SSSR count). The number of fused-ring (bicyclic) bond motifs is 1. The number of ether oxygens (including phenoxy) is 2. The van der Waals surface area contributed by atoms with E-state index in [2.05, 4.69) is 6.58 Å². The normalized spacial score (nSPS) is 42.9. The van der Waals surface area contributed by atoms with Crippen LogP contribution in [0.5, 0.6) is 5.75 Å². The van der Waals surface area contributed by atoms with Crippen molar-refractivity contribution in [3.8, 4) is 5.75 Å². The molecule has 4 fully saturated rings. The van der Waals surface area contributed by atoms with Crippen molar-refractivity contribution in [1.29, 1.82) is 0 Å². The third kappa shape index (κ3) is 1.30. The molecule has 118 valence electrons. The van der Waals surface area contributed by atoms with Gasteiger partial charge in [-0.1, -0.05) is 18.2 Å². The van der Waals surface area contributed by atoms with Crippen LogP contribution in [0.4, 0.5) is 0 Å². The Morgan fingerprint density at radius 3 is 2.91 bits per heavy atom. The first-order valence-electron chi connectivity index (χ1n) is 8.25. The zero-order chi connectivity index (χ0) is 15.8. The van der Waals surface area contributed by atoms with Crippen molar-refractivity contribution in [3.63, 3.8) is 0 Å². The maximum atomic E-state index is 13.1. The van der Waals surface area contributed by atoms with Gasteiger partial charge < -0.3 is 9.47 Å². The highest BCUT2D eigenvalue weighted by Gasteiger charge is 2.79. The van der Waals surface area contributed by atoms with Gasteiger partial charge in [-0.25, -0.2) is 0 Å². The van der Waals surface area contributed by atoms with Crippen LogP contribution in [0.15, 0.2) is 36.9 Å². The van der Waals surface area contributed by atoms with E-state index < -0.39 is 11.2 Å². The Morgan fingerprint density at radius 2 is 2.09 bits per heavy atom. The van der Waals surface area contributed by atoms with E-state index in [1.165, 1.54) is 0 Å². The second-order valence-corrected chi connectivity index (χ2v) is 7.17. The molecule has 1 spiro atoms. The van der Waals surface area contributed by atoms with Crippen LogP contribution in [0.25, 0.3) is 0 Å². The maximum absolute atomic E-state index is 13.1. The topological polar surface area (TPSA) is 52.6 Å². The summed E-state index contributed by atoms with van der Waals surface area (Å²) in [5.74, 6) is 0.517. The van der Waals surface area contributed by atoms with Crippen LogP contribution < -0.4 is 4.74 Å². The highest BCUT2D eigenvalue weighted by atomic mass is 16.6.